The molecule has 0 heterocycles. The van der Waals surface area contributed by atoms with Gasteiger partial charge in [0.1, 0.15) is 0 Å². The Bertz CT molecular complexity index is 554. The van der Waals surface area contributed by atoms with E-state index in [1.54, 1.807) is 12.1 Å². The Balaban J connectivity index is 2.18. The van der Waals surface area contributed by atoms with E-state index in [0.29, 0.717) is 12.0 Å². The van der Waals surface area contributed by atoms with Crippen molar-refractivity contribution in [1.29, 1.82) is 0 Å². The summed E-state index contributed by atoms with van der Waals surface area (Å²) in [5.41, 5.74) is 1.52. The molecule has 0 aromatic heterocycles. The maximum atomic E-state index is 12.3. The Hall–Kier alpha value is -2.13. The smallest absolute Gasteiger partial charge is 0.251 e. The fourth-order valence-electron chi connectivity index (χ4n) is 2.34. The van der Waals surface area contributed by atoms with Crippen molar-refractivity contribution in [3.8, 4) is 0 Å². The van der Waals surface area contributed by atoms with E-state index in [1.165, 1.54) is 0 Å². The first-order valence-corrected chi connectivity index (χ1v) is 7.31. The second-order valence-electron chi connectivity index (χ2n) is 5.08. The molecule has 0 spiro atoms. The van der Waals surface area contributed by atoms with Gasteiger partial charge in [-0.2, -0.15) is 0 Å². The van der Waals surface area contributed by atoms with Crippen LogP contribution in [0.3, 0.4) is 0 Å². The van der Waals surface area contributed by atoms with Gasteiger partial charge in [-0.3, -0.25) is 4.79 Å². The van der Waals surface area contributed by atoms with Crippen molar-refractivity contribution in [3.63, 3.8) is 0 Å². The Morgan fingerprint density at radius 3 is 2.19 bits per heavy atom. The molecule has 0 saturated carbocycles. The molecule has 0 saturated heterocycles. The third-order valence-corrected chi connectivity index (χ3v) is 3.45. The quantitative estimate of drug-likeness (QED) is 0.854. The Labute approximate surface area is 125 Å². The standard InChI is InChI=1S/C18H21NO2/c1-2-9-16(20)17(14-10-5-3-6-11-14)19-18(21)15-12-7-4-8-13-15/h3-8,10-13,16-17,20H,2,9H2,1H3,(H,19,21). The molecule has 0 fully saturated rings. The number of amides is 1. The van der Waals surface area contributed by atoms with E-state index >= 15 is 0 Å². The Morgan fingerprint density at radius 2 is 1.62 bits per heavy atom. The number of carbonyl (C=O) groups is 1. The van der Waals surface area contributed by atoms with Crippen molar-refractivity contribution in [1.82, 2.24) is 5.32 Å². The molecule has 3 heteroatoms. The highest BCUT2D eigenvalue weighted by Gasteiger charge is 2.22. The van der Waals surface area contributed by atoms with Gasteiger partial charge in [-0.1, -0.05) is 61.9 Å². The monoisotopic (exact) mass is 283 g/mol. The van der Waals surface area contributed by atoms with E-state index in [9.17, 15) is 9.90 Å². The molecule has 2 rings (SSSR count). The molecule has 1 amide bonds. The van der Waals surface area contributed by atoms with Crippen LogP contribution in [0, 0.1) is 0 Å². The summed E-state index contributed by atoms with van der Waals surface area (Å²) in [5.74, 6) is -0.167. The van der Waals surface area contributed by atoms with Crippen LogP contribution in [0.5, 0.6) is 0 Å². The molecule has 2 atom stereocenters. The number of benzene rings is 2. The maximum absolute atomic E-state index is 12.3. The van der Waals surface area contributed by atoms with Crippen molar-refractivity contribution in [2.45, 2.75) is 31.9 Å². The van der Waals surface area contributed by atoms with E-state index < -0.39 is 6.10 Å². The Kier molecular flexibility index (Phi) is 5.52. The molecule has 0 radical (unpaired) electrons. The average Bonchev–Trinajstić information content (AvgIpc) is 2.54. The minimum atomic E-state index is -0.593. The van der Waals surface area contributed by atoms with Crippen molar-refractivity contribution < 1.29 is 9.90 Å². The molecule has 110 valence electrons. The summed E-state index contributed by atoms with van der Waals surface area (Å²) in [6.07, 6.45) is 0.922. The summed E-state index contributed by atoms with van der Waals surface area (Å²) in [7, 11) is 0. The van der Waals surface area contributed by atoms with Gasteiger partial charge in [-0.05, 0) is 24.1 Å². The number of aliphatic hydroxyl groups is 1. The molecule has 2 unspecified atom stereocenters. The van der Waals surface area contributed by atoms with E-state index in [0.717, 1.165) is 12.0 Å². The normalized spacial score (nSPS) is 13.4. The zero-order valence-corrected chi connectivity index (χ0v) is 12.2. The zero-order chi connectivity index (χ0) is 15.1. The molecular weight excluding hydrogens is 262 g/mol. The lowest BCUT2D eigenvalue weighted by atomic mass is 9.98. The van der Waals surface area contributed by atoms with E-state index in [2.05, 4.69) is 5.32 Å². The van der Waals surface area contributed by atoms with Crippen molar-refractivity contribution in [2.75, 3.05) is 0 Å². The molecule has 3 nitrogen and oxygen atoms in total. The predicted molar refractivity (Wildman–Crippen MR) is 84.0 cm³/mol. The van der Waals surface area contributed by atoms with Crippen LogP contribution in [0.2, 0.25) is 0 Å². The summed E-state index contributed by atoms with van der Waals surface area (Å²) >= 11 is 0. The minimum absolute atomic E-state index is 0.167. The van der Waals surface area contributed by atoms with Gasteiger partial charge in [0, 0.05) is 5.56 Å². The lowest BCUT2D eigenvalue weighted by molar-refractivity contribution is 0.0811. The van der Waals surface area contributed by atoms with Crippen LogP contribution in [-0.4, -0.2) is 17.1 Å². The second-order valence-corrected chi connectivity index (χ2v) is 5.08. The van der Waals surface area contributed by atoms with Gasteiger partial charge in [-0.25, -0.2) is 0 Å². The van der Waals surface area contributed by atoms with E-state index in [1.807, 2.05) is 55.5 Å². The summed E-state index contributed by atoms with van der Waals surface area (Å²) in [6, 6.07) is 18.3. The van der Waals surface area contributed by atoms with E-state index in [4.69, 9.17) is 0 Å². The summed E-state index contributed by atoms with van der Waals surface area (Å²) in [5, 5.41) is 13.3. The van der Waals surface area contributed by atoms with Crippen molar-refractivity contribution in [2.24, 2.45) is 0 Å². The van der Waals surface area contributed by atoms with Gasteiger partial charge in [0.15, 0.2) is 0 Å². The fraction of sp³-hybridized carbons (Fsp3) is 0.278. The van der Waals surface area contributed by atoms with Gasteiger partial charge in [0.05, 0.1) is 12.1 Å². The highest BCUT2D eigenvalue weighted by Crippen LogP contribution is 2.20. The second kappa shape index (κ2) is 7.60. The largest absolute Gasteiger partial charge is 0.391 e. The first-order chi connectivity index (χ1) is 10.2. The molecule has 2 aromatic carbocycles. The zero-order valence-electron chi connectivity index (χ0n) is 12.2. The molecular formula is C18H21NO2. The Morgan fingerprint density at radius 1 is 1.05 bits per heavy atom. The van der Waals surface area contributed by atoms with Crippen molar-refractivity contribution >= 4 is 5.91 Å². The van der Waals surface area contributed by atoms with Crippen LogP contribution < -0.4 is 5.32 Å². The molecule has 0 aliphatic carbocycles. The van der Waals surface area contributed by atoms with Gasteiger partial charge in [-0.15, -0.1) is 0 Å². The third-order valence-electron chi connectivity index (χ3n) is 3.45. The first kappa shape index (κ1) is 15.3. The van der Waals surface area contributed by atoms with Crippen LogP contribution in [0.15, 0.2) is 60.7 Å². The number of aliphatic hydroxyl groups excluding tert-OH is 1. The fourth-order valence-corrected chi connectivity index (χ4v) is 2.34. The van der Waals surface area contributed by atoms with Crippen LogP contribution in [0.4, 0.5) is 0 Å². The highest BCUT2D eigenvalue weighted by atomic mass is 16.3. The van der Waals surface area contributed by atoms with Crippen LogP contribution in [0.25, 0.3) is 0 Å². The van der Waals surface area contributed by atoms with Gasteiger partial charge < -0.3 is 10.4 Å². The number of carbonyl (C=O) groups excluding carboxylic acids is 1. The lowest BCUT2D eigenvalue weighted by Crippen LogP contribution is -2.36. The highest BCUT2D eigenvalue weighted by molar-refractivity contribution is 5.94. The topological polar surface area (TPSA) is 49.3 Å². The molecule has 0 aliphatic heterocycles. The number of hydrogen-bond donors (Lipinski definition) is 2. The summed E-state index contributed by atoms with van der Waals surface area (Å²) in [6.45, 7) is 2.02. The minimum Gasteiger partial charge on any atom is -0.391 e. The SMILES string of the molecule is CCCC(O)C(NC(=O)c1ccccc1)c1ccccc1. The van der Waals surface area contributed by atoms with Crippen molar-refractivity contribution in [3.05, 3.63) is 71.8 Å². The van der Waals surface area contributed by atoms with Crippen LogP contribution in [-0.2, 0) is 0 Å². The maximum Gasteiger partial charge on any atom is 0.251 e. The number of hydrogen-bond acceptors (Lipinski definition) is 2. The third kappa shape index (κ3) is 4.17. The molecule has 2 N–H and O–H groups in total. The molecule has 0 aliphatic rings. The molecule has 21 heavy (non-hydrogen) atoms. The molecule has 0 bridgehead atoms. The van der Waals surface area contributed by atoms with Crippen LogP contribution in [0.1, 0.15) is 41.7 Å². The number of nitrogens with one attached hydrogen (secondary N) is 1. The van der Waals surface area contributed by atoms with E-state index in [-0.39, 0.29) is 11.9 Å². The number of rotatable bonds is 6. The first-order valence-electron chi connectivity index (χ1n) is 7.31. The van der Waals surface area contributed by atoms with Gasteiger partial charge >= 0.3 is 0 Å². The van der Waals surface area contributed by atoms with Gasteiger partial charge in [0.25, 0.3) is 5.91 Å². The average molecular weight is 283 g/mol. The summed E-state index contributed by atoms with van der Waals surface area (Å²) < 4.78 is 0. The molecule has 2 aromatic rings. The lowest BCUT2D eigenvalue weighted by Gasteiger charge is -2.24. The summed E-state index contributed by atoms with van der Waals surface area (Å²) in [4.78, 5) is 12.3. The predicted octanol–water partition coefficient (Wildman–Crippen LogP) is 3.32. The van der Waals surface area contributed by atoms with Crippen LogP contribution >= 0.6 is 0 Å². The van der Waals surface area contributed by atoms with Gasteiger partial charge in [0.2, 0.25) is 0 Å².